The third-order valence-corrected chi connectivity index (χ3v) is 5.05. The summed E-state index contributed by atoms with van der Waals surface area (Å²) in [6, 6.07) is 11.3. The van der Waals surface area contributed by atoms with Gasteiger partial charge < -0.3 is 14.9 Å². The Balaban J connectivity index is 0.00000243. The SMILES string of the molecule is CN(C)CC(O)CN1c2ccccc2Sc2ccc(C(F)(F)F)cc21.Cl. The Bertz CT molecular complexity index is 770. The van der Waals surface area contributed by atoms with Crippen molar-refractivity contribution in [3.63, 3.8) is 0 Å². The zero-order valence-corrected chi connectivity index (χ0v) is 16.0. The van der Waals surface area contributed by atoms with Gasteiger partial charge in [-0.15, -0.1) is 12.4 Å². The first kappa shape index (κ1) is 20.9. The summed E-state index contributed by atoms with van der Waals surface area (Å²) in [5.41, 5.74) is 0.617. The van der Waals surface area contributed by atoms with Gasteiger partial charge in [0.15, 0.2) is 0 Å². The lowest BCUT2D eigenvalue weighted by molar-refractivity contribution is -0.137. The van der Waals surface area contributed by atoms with Crippen LogP contribution >= 0.6 is 24.2 Å². The minimum absolute atomic E-state index is 0. The zero-order chi connectivity index (χ0) is 18.2. The normalized spacial score (nSPS) is 14.5. The number of aliphatic hydroxyl groups excluding tert-OH is 1. The number of para-hydroxylation sites is 1. The Hall–Kier alpha value is -1.41. The van der Waals surface area contributed by atoms with Crippen LogP contribution in [0.3, 0.4) is 0 Å². The summed E-state index contributed by atoms with van der Waals surface area (Å²) >= 11 is 1.45. The van der Waals surface area contributed by atoms with Crippen LogP contribution in [-0.2, 0) is 6.18 Å². The van der Waals surface area contributed by atoms with Crippen LogP contribution in [0.25, 0.3) is 0 Å². The van der Waals surface area contributed by atoms with Crippen molar-refractivity contribution >= 4 is 35.5 Å². The highest BCUT2D eigenvalue weighted by atomic mass is 35.5. The van der Waals surface area contributed by atoms with E-state index in [0.717, 1.165) is 21.5 Å². The molecule has 1 aliphatic rings. The molecule has 2 aromatic carbocycles. The van der Waals surface area contributed by atoms with Crippen LogP contribution in [0.5, 0.6) is 0 Å². The van der Waals surface area contributed by atoms with Crippen molar-refractivity contribution in [2.75, 3.05) is 32.1 Å². The van der Waals surface area contributed by atoms with E-state index in [1.807, 2.05) is 43.3 Å². The molecule has 0 saturated carbocycles. The van der Waals surface area contributed by atoms with E-state index in [1.54, 1.807) is 4.90 Å². The van der Waals surface area contributed by atoms with E-state index in [4.69, 9.17) is 0 Å². The van der Waals surface area contributed by atoms with E-state index in [9.17, 15) is 18.3 Å². The molecule has 142 valence electrons. The fourth-order valence-electron chi connectivity index (χ4n) is 2.89. The molecule has 1 atom stereocenters. The molecule has 26 heavy (non-hydrogen) atoms. The number of likely N-dealkylation sites (N-methyl/N-ethyl adjacent to an activating group) is 1. The summed E-state index contributed by atoms with van der Waals surface area (Å²) in [5, 5.41) is 10.3. The summed E-state index contributed by atoms with van der Waals surface area (Å²) in [6.07, 6.45) is -5.08. The molecule has 0 fully saturated rings. The molecule has 0 spiro atoms. The molecule has 2 aromatic rings. The van der Waals surface area contributed by atoms with Crippen molar-refractivity contribution in [2.45, 2.75) is 22.1 Å². The number of halogens is 4. The van der Waals surface area contributed by atoms with Gasteiger partial charge in [0.2, 0.25) is 0 Å². The Labute approximate surface area is 161 Å². The Morgan fingerprint density at radius 2 is 1.73 bits per heavy atom. The summed E-state index contributed by atoms with van der Waals surface area (Å²) < 4.78 is 39.4. The van der Waals surface area contributed by atoms with Crippen molar-refractivity contribution < 1.29 is 18.3 Å². The minimum atomic E-state index is -4.40. The van der Waals surface area contributed by atoms with Crippen LogP contribution in [0.15, 0.2) is 52.3 Å². The fraction of sp³-hybridized carbons (Fsp3) is 0.333. The van der Waals surface area contributed by atoms with Gasteiger partial charge >= 0.3 is 6.18 Å². The first-order valence-corrected chi connectivity index (χ1v) is 8.66. The monoisotopic (exact) mass is 404 g/mol. The number of alkyl halides is 3. The Morgan fingerprint density at radius 3 is 2.38 bits per heavy atom. The number of anilines is 2. The molecule has 0 radical (unpaired) electrons. The maximum Gasteiger partial charge on any atom is 0.416 e. The number of hydrogen-bond donors (Lipinski definition) is 1. The van der Waals surface area contributed by atoms with Gasteiger partial charge in [-0.25, -0.2) is 0 Å². The Morgan fingerprint density at radius 1 is 1.08 bits per heavy atom. The van der Waals surface area contributed by atoms with Crippen molar-refractivity contribution in [1.82, 2.24) is 4.90 Å². The number of fused-ring (bicyclic) bond motifs is 2. The largest absolute Gasteiger partial charge is 0.416 e. The summed E-state index contributed by atoms with van der Waals surface area (Å²) in [6.45, 7) is 0.657. The standard InChI is InChI=1S/C18H19F3N2OS.ClH/c1-22(2)10-13(24)11-23-14-5-3-4-6-16(14)25-17-8-7-12(9-15(17)23)18(19,20)21;/h3-9,13,24H,10-11H2,1-2H3;1H. The van der Waals surface area contributed by atoms with Gasteiger partial charge in [0.1, 0.15) is 0 Å². The van der Waals surface area contributed by atoms with Crippen LogP contribution in [0, 0.1) is 0 Å². The van der Waals surface area contributed by atoms with Gasteiger partial charge in [0.05, 0.1) is 29.6 Å². The van der Waals surface area contributed by atoms with E-state index >= 15 is 0 Å². The quantitative estimate of drug-likeness (QED) is 0.802. The number of hydrogen-bond acceptors (Lipinski definition) is 4. The molecule has 1 aliphatic heterocycles. The fourth-order valence-corrected chi connectivity index (χ4v) is 3.97. The van der Waals surface area contributed by atoms with E-state index in [0.29, 0.717) is 12.2 Å². The average Bonchev–Trinajstić information content (AvgIpc) is 2.52. The molecule has 8 heteroatoms. The third-order valence-electron chi connectivity index (χ3n) is 3.92. The predicted molar refractivity (Wildman–Crippen MR) is 101 cm³/mol. The highest BCUT2D eigenvalue weighted by molar-refractivity contribution is 7.99. The van der Waals surface area contributed by atoms with Gasteiger partial charge in [0.25, 0.3) is 0 Å². The van der Waals surface area contributed by atoms with Crippen LogP contribution in [0.4, 0.5) is 24.5 Å². The summed E-state index contributed by atoms with van der Waals surface area (Å²) in [4.78, 5) is 5.35. The predicted octanol–water partition coefficient (Wildman–Crippen LogP) is 4.65. The Kier molecular flexibility index (Phi) is 6.50. The van der Waals surface area contributed by atoms with E-state index in [1.165, 1.54) is 23.9 Å². The van der Waals surface area contributed by atoms with Crippen molar-refractivity contribution in [3.8, 4) is 0 Å². The average molecular weight is 405 g/mol. The number of aliphatic hydroxyl groups is 1. The van der Waals surface area contributed by atoms with E-state index in [-0.39, 0.29) is 19.0 Å². The lowest BCUT2D eigenvalue weighted by Crippen LogP contribution is -2.37. The van der Waals surface area contributed by atoms with Crippen LogP contribution in [0.1, 0.15) is 5.56 Å². The van der Waals surface area contributed by atoms with Crippen molar-refractivity contribution in [3.05, 3.63) is 48.0 Å². The highest BCUT2D eigenvalue weighted by Crippen LogP contribution is 2.49. The third kappa shape index (κ3) is 4.46. The van der Waals surface area contributed by atoms with Gasteiger partial charge in [-0.2, -0.15) is 13.2 Å². The lowest BCUT2D eigenvalue weighted by Gasteiger charge is -2.35. The van der Waals surface area contributed by atoms with Crippen molar-refractivity contribution in [1.29, 1.82) is 0 Å². The number of nitrogens with zero attached hydrogens (tertiary/aromatic N) is 2. The van der Waals surface area contributed by atoms with E-state index in [2.05, 4.69) is 0 Å². The van der Waals surface area contributed by atoms with E-state index < -0.39 is 17.8 Å². The molecule has 1 unspecified atom stereocenters. The maximum atomic E-state index is 13.1. The summed E-state index contributed by atoms with van der Waals surface area (Å²) in [5.74, 6) is 0. The lowest BCUT2D eigenvalue weighted by atomic mass is 10.1. The summed E-state index contributed by atoms with van der Waals surface area (Å²) in [7, 11) is 3.69. The number of β-amino-alcohol motifs (C(OH)–C–C–N with tert-alkyl or cyclic N) is 1. The molecule has 0 saturated heterocycles. The molecule has 0 aliphatic carbocycles. The molecular formula is C18H20ClF3N2OS. The molecule has 3 nitrogen and oxygen atoms in total. The highest BCUT2D eigenvalue weighted by Gasteiger charge is 2.33. The molecule has 1 heterocycles. The maximum absolute atomic E-state index is 13.1. The van der Waals surface area contributed by atoms with Crippen LogP contribution in [-0.4, -0.2) is 43.3 Å². The number of benzene rings is 2. The molecule has 0 bridgehead atoms. The van der Waals surface area contributed by atoms with Crippen LogP contribution < -0.4 is 4.90 Å². The smallest absolute Gasteiger partial charge is 0.390 e. The molecule has 1 N–H and O–H groups in total. The molecule has 0 amide bonds. The second-order valence-corrected chi connectivity index (χ2v) is 7.36. The molecular weight excluding hydrogens is 385 g/mol. The second-order valence-electron chi connectivity index (χ2n) is 6.28. The topological polar surface area (TPSA) is 26.7 Å². The number of rotatable bonds is 4. The van der Waals surface area contributed by atoms with Gasteiger partial charge in [-0.3, -0.25) is 0 Å². The van der Waals surface area contributed by atoms with Gasteiger partial charge in [0, 0.05) is 16.3 Å². The first-order chi connectivity index (χ1) is 11.8. The first-order valence-electron chi connectivity index (χ1n) is 7.84. The van der Waals surface area contributed by atoms with Crippen LogP contribution in [0.2, 0.25) is 0 Å². The van der Waals surface area contributed by atoms with Gasteiger partial charge in [-0.1, -0.05) is 23.9 Å². The second kappa shape index (κ2) is 8.08. The van der Waals surface area contributed by atoms with Gasteiger partial charge in [-0.05, 0) is 44.4 Å². The molecule has 3 rings (SSSR count). The van der Waals surface area contributed by atoms with Crippen molar-refractivity contribution in [2.24, 2.45) is 0 Å². The zero-order valence-electron chi connectivity index (χ0n) is 14.3. The molecule has 0 aromatic heterocycles. The minimum Gasteiger partial charge on any atom is -0.390 e.